The number of nitrogens with two attached hydrogens (primary N) is 1. The van der Waals surface area contributed by atoms with E-state index in [0.29, 0.717) is 44.9 Å². The smallest absolute Gasteiger partial charge is 0.407 e. The molecule has 1 amide bonds. The number of ether oxygens (including phenoxy) is 5. The molecule has 0 aliphatic carbocycles. The second kappa shape index (κ2) is 18.2. The quantitative estimate of drug-likeness (QED) is 0.152. The molecule has 0 fully saturated rings. The minimum Gasteiger partial charge on any atom is -0.507 e. The van der Waals surface area contributed by atoms with Gasteiger partial charge in [0.1, 0.15) is 39.7 Å². The average molecular weight is 579 g/mol. The van der Waals surface area contributed by atoms with E-state index in [1.54, 1.807) is 45.0 Å². The van der Waals surface area contributed by atoms with E-state index >= 15 is 0 Å². The highest BCUT2D eigenvalue weighted by molar-refractivity contribution is 5.96. The molecule has 41 heavy (non-hydrogen) atoms. The molecule has 228 valence electrons. The van der Waals surface area contributed by atoms with Crippen LogP contribution in [-0.4, -0.2) is 74.4 Å². The molecule has 0 heterocycles. The van der Waals surface area contributed by atoms with Gasteiger partial charge in [0.15, 0.2) is 0 Å². The number of hydrogen-bond acceptors (Lipinski definition) is 11. The number of benzene rings is 2. The van der Waals surface area contributed by atoms with Crippen molar-refractivity contribution in [3.05, 3.63) is 47.5 Å². The molecular weight excluding hydrogens is 536 g/mol. The van der Waals surface area contributed by atoms with Crippen LogP contribution < -0.4 is 20.5 Å². The van der Waals surface area contributed by atoms with Crippen LogP contribution in [0.3, 0.4) is 0 Å². The van der Waals surface area contributed by atoms with Gasteiger partial charge < -0.3 is 44.9 Å². The zero-order chi connectivity index (χ0) is 30.8. The third-order valence-electron chi connectivity index (χ3n) is 5.14. The Morgan fingerprint density at radius 1 is 0.780 bits per heavy atom. The summed E-state index contributed by atoms with van der Waals surface area (Å²) in [6.45, 7) is 7.25. The predicted octanol–water partition coefficient (Wildman–Crippen LogP) is 4.16. The number of phenols is 2. The highest BCUT2D eigenvalue weighted by atomic mass is 16.6. The number of carbonyl (C=O) groups is 3. The van der Waals surface area contributed by atoms with Crippen molar-refractivity contribution in [2.75, 3.05) is 40.5 Å². The molecule has 0 saturated carbocycles. The van der Waals surface area contributed by atoms with E-state index in [1.165, 1.54) is 26.4 Å². The number of amides is 1. The van der Waals surface area contributed by atoms with E-state index in [9.17, 15) is 24.6 Å². The highest BCUT2D eigenvalue weighted by Gasteiger charge is 2.19. The zero-order valence-corrected chi connectivity index (χ0v) is 24.4. The molecule has 0 aliphatic rings. The maximum atomic E-state index is 11.7. The summed E-state index contributed by atoms with van der Waals surface area (Å²) in [6.07, 6.45) is 2.54. The van der Waals surface area contributed by atoms with Crippen LogP contribution >= 0.6 is 0 Å². The molecule has 12 heteroatoms. The lowest BCUT2D eigenvalue weighted by Gasteiger charge is -2.19. The first-order chi connectivity index (χ1) is 19.4. The molecule has 0 atom stereocenters. The molecule has 0 bridgehead atoms. The summed E-state index contributed by atoms with van der Waals surface area (Å²) in [6, 6.07) is 9.21. The number of methoxy groups -OCH3 is 2. The standard InChI is InChI=1S/C17H25NO6.C12H17NO4/c1-17(2,3)24-16(21)18-10-5-6-11-23-13-9-7-8-12(19)14(13)15(20)22-4;1-16-12(15)11-9(14)5-4-6-10(11)17-8-3-2-7-13/h7-9,19H,5-6,10-11H2,1-4H3,(H,18,21);4-6,14H,2-3,7-8,13H2,1H3. The van der Waals surface area contributed by atoms with Crippen molar-refractivity contribution in [2.24, 2.45) is 5.73 Å². The number of nitrogens with one attached hydrogen (secondary N) is 1. The van der Waals surface area contributed by atoms with Gasteiger partial charge in [-0.1, -0.05) is 12.1 Å². The number of hydrogen-bond donors (Lipinski definition) is 4. The van der Waals surface area contributed by atoms with E-state index in [0.717, 1.165) is 12.8 Å². The Morgan fingerprint density at radius 2 is 1.24 bits per heavy atom. The van der Waals surface area contributed by atoms with Crippen molar-refractivity contribution >= 4 is 18.0 Å². The second-order valence-corrected chi connectivity index (χ2v) is 9.61. The number of rotatable bonds is 13. The summed E-state index contributed by atoms with van der Waals surface area (Å²) in [5.41, 5.74) is 4.91. The fourth-order valence-corrected chi connectivity index (χ4v) is 3.24. The lowest BCUT2D eigenvalue weighted by Crippen LogP contribution is -2.33. The fourth-order valence-electron chi connectivity index (χ4n) is 3.24. The van der Waals surface area contributed by atoms with Gasteiger partial charge >= 0.3 is 18.0 Å². The predicted molar refractivity (Wildman–Crippen MR) is 152 cm³/mol. The fraction of sp³-hybridized carbons (Fsp3) is 0.483. The average Bonchev–Trinajstić information content (AvgIpc) is 2.91. The van der Waals surface area contributed by atoms with Crippen LogP contribution in [-0.2, 0) is 14.2 Å². The number of aromatic hydroxyl groups is 2. The van der Waals surface area contributed by atoms with Crippen LogP contribution in [0.4, 0.5) is 4.79 Å². The molecule has 0 spiro atoms. The summed E-state index contributed by atoms with van der Waals surface area (Å²) in [7, 11) is 2.49. The van der Waals surface area contributed by atoms with Crippen LogP contribution in [0.1, 0.15) is 67.2 Å². The Morgan fingerprint density at radius 3 is 1.66 bits per heavy atom. The molecule has 2 aromatic rings. The number of esters is 2. The number of alkyl carbamates (subject to hydrolysis) is 1. The summed E-state index contributed by atoms with van der Waals surface area (Å²) in [5.74, 6) is -1.01. The highest BCUT2D eigenvalue weighted by Crippen LogP contribution is 2.29. The van der Waals surface area contributed by atoms with Gasteiger partial charge in [-0.3, -0.25) is 0 Å². The number of carbonyl (C=O) groups excluding carboxylic acids is 3. The second-order valence-electron chi connectivity index (χ2n) is 9.61. The minimum atomic E-state index is -0.658. The third-order valence-corrected chi connectivity index (χ3v) is 5.14. The van der Waals surface area contributed by atoms with Crippen LogP contribution in [0.15, 0.2) is 36.4 Å². The van der Waals surface area contributed by atoms with Gasteiger partial charge in [-0.15, -0.1) is 0 Å². The SMILES string of the molecule is COC(=O)c1c(O)cccc1OCCCCN.COC(=O)c1c(O)cccc1OCCCCNC(=O)OC(C)(C)C. The largest absolute Gasteiger partial charge is 0.507 e. The Bertz CT molecular complexity index is 1120. The first kappa shape index (κ1) is 34.8. The van der Waals surface area contributed by atoms with Crippen molar-refractivity contribution in [3.63, 3.8) is 0 Å². The van der Waals surface area contributed by atoms with E-state index in [4.69, 9.17) is 19.9 Å². The van der Waals surface area contributed by atoms with Crippen LogP contribution in [0.25, 0.3) is 0 Å². The maximum Gasteiger partial charge on any atom is 0.407 e. The molecule has 0 unspecified atom stereocenters. The number of phenolic OH excluding ortho intramolecular Hbond substituents is 2. The van der Waals surface area contributed by atoms with E-state index in [1.807, 2.05) is 0 Å². The van der Waals surface area contributed by atoms with E-state index in [2.05, 4.69) is 14.8 Å². The topological polar surface area (TPSA) is 176 Å². The molecule has 5 N–H and O–H groups in total. The minimum absolute atomic E-state index is 0.00637. The summed E-state index contributed by atoms with van der Waals surface area (Å²) < 4.78 is 25.3. The van der Waals surface area contributed by atoms with Gasteiger partial charge in [-0.05, 0) is 77.3 Å². The Labute approximate surface area is 240 Å². The summed E-state index contributed by atoms with van der Waals surface area (Å²) in [4.78, 5) is 34.6. The van der Waals surface area contributed by atoms with Crippen molar-refractivity contribution in [1.29, 1.82) is 0 Å². The Hall–Kier alpha value is -4.19. The third kappa shape index (κ3) is 13.1. The molecular formula is C29H42N2O10. The van der Waals surface area contributed by atoms with Gasteiger partial charge in [0.25, 0.3) is 0 Å². The van der Waals surface area contributed by atoms with Gasteiger partial charge in [0, 0.05) is 6.54 Å². The van der Waals surface area contributed by atoms with Crippen molar-refractivity contribution in [1.82, 2.24) is 5.32 Å². The van der Waals surface area contributed by atoms with Gasteiger partial charge in [0.05, 0.1) is 27.4 Å². The van der Waals surface area contributed by atoms with Crippen LogP contribution in [0.5, 0.6) is 23.0 Å². The van der Waals surface area contributed by atoms with Crippen LogP contribution in [0.2, 0.25) is 0 Å². The first-order valence-electron chi connectivity index (χ1n) is 13.2. The Balaban J connectivity index is 0.000000435. The first-order valence-corrected chi connectivity index (χ1v) is 13.2. The lowest BCUT2D eigenvalue weighted by atomic mass is 10.2. The number of unbranched alkanes of at least 4 members (excludes halogenated alkanes) is 2. The zero-order valence-electron chi connectivity index (χ0n) is 24.4. The van der Waals surface area contributed by atoms with E-state index in [-0.39, 0.29) is 28.4 Å². The molecule has 2 aromatic carbocycles. The Kier molecular flexibility index (Phi) is 15.5. The van der Waals surface area contributed by atoms with Crippen molar-refractivity contribution in [3.8, 4) is 23.0 Å². The molecule has 0 aromatic heterocycles. The van der Waals surface area contributed by atoms with Gasteiger partial charge in [-0.25, -0.2) is 14.4 Å². The molecule has 0 saturated heterocycles. The van der Waals surface area contributed by atoms with E-state index < -0.39 is 23.6 Å². The molecule has 0 radical (unpaired) electrons. The van der Waals surface area contributed by atoms with Crippen molar-refractivity contribution in [2.45, 2.75) is 52.1 Å². The monoisotopic (exact) mass is 578 g/mol. The van der Waals surface area contributed by atoms with Crippen LogP contribution in [0, 0.1) is 0 Å². The molecule has 0 aliphatic heterocycles. The molecule has 12 nitrogen and oxygen atoms in total. The van der Waals surface area contributed by atoms with Crippen molar-refractivity contribution < 1.29 is 48.3 Å². The maximum absolute atomic E-state index is 11.7. The summed E-state index contributed by atoms with van der Waals surface area (Å²) in [5, 5.41) is 22.0. The summed E-state index contributed by atoms with van der Waals surface area (Å²) >= 11 is 0. The lowest BCUT2D eigenvalue weighted by molar-refractivity contribution is 0.0522. The normalized spacial score (nSPS) is 10.5. The van der Waals surface area contributed by atoms with Gasteiger partial charge in [0.2, 0.25) is 0 Å². The molecule has 2 rings (SSSR count). The van der Waals surface area contributed by atoms with Gasteiger partial charge in [-0.2, -0.15) is 0 Å².